The highest BCUT2D eigenvalue weighted by Gasteiger charge is 2.37. The number of nitrogens with zero attached hydrogens (tertiary/aromatic N) is 1. The molecule has 0 amide bonds. The second kappa shape index (κ2) is 10.7. The molecule has 1 aliphatic rings. The van der Waals surface area contributed by atoms with Crippen LogP contribution in [-0.4, -0.2) is 0 Å². The van der Waals surface area contributed by atoms with Crippen molar-refractivity contribution in [1.82, 2.24) is 0 Å². The largest absolute Gasteiger partial charge is 0.310 e. The molecule has 1 nitrogen and oxygen atoms in total. The second-order valence-corrected chi connectivity index (χ2v) is 14.9. The Hall–Kier alpha value is -5.70. The number of fused-ring (bicyclic) bond motifs is 8. The minimum Gasteiger partial charge on any atom is -0.310 e. The van der Waals surface area contributed by atoms with Crippen molar-refractivity contribution < 1.29 is 0 Å². The van der Waals surface area contributed by atoms with Gasteiger partial charge in [0.15, 0.2) is 0 Å². The Kier molecular flexibility index (Phi) is 6.16. The summed E-state index contributed by atoms with van der Waals surface area (Å²) in [5, 5.41) is 7.69. The Morgan fingerprint density at radius 3 is 2.04 bits per heavy atom. The number of hydrogen-bond acceptors (Lipinski definition) is 2. The van der Waals surface area contributed by atoms with Gasteiger partial charge in [-0.15, -0.1) is 11.3 Å². The molecule has 1 heterocycles. The fourth-order valence-corrected chi connectivity index (χ4v) is 9.25. The summed E-state index contributed by atoms with van der Waals surface area (Å²) in [5.74, 6) is 0. The van der Waals surface area contributed by atoms with Crippen LogP contribution in [-0.2, 0) is 5.41 Å². The maximum absolute atomic E-state index is 2.47. The first-order valence-electron chi connectivity index (χ1n) is 17.0. The second-order valence-electron chi connectivity index (χ2n) is 13.8. The van der Waals surface area contributed by atoms with E-state index in [1.54, 1.807) is 0 Å². The van der Waals surface area contributed by atoms with E-state index in [0.717, 1.165) is 11.4 Å². The van der Waals surface area contributed by atoms with Gasteiger partial charge in [0.25, 0.3) is 0 Å². The van der Waals surface area contributed by atoms with E-state index < -0.39 is 0 Å². The topological polar surface area (TPSA) is 3.24 Å². The number of benzene rings is 8. The lowest BCUT2D eigenvalue weighted by atomic mass is 9.82. The van der Waals surface area contributed by atoms with Gasteiger partial charge in [0, 0.05) is 42.5 Å². The zero-order chi connectivity index (χ0) is 32.7. The highest BCUT2D eigenvalue weighted by atomic mass is 32.1. The van der Waals surface area contributed by atoms with Gasteiger partial charge in [-0.2, -0.15) is 0 Å². The van der Waals surface area contributed by atoms with Crippen molar-refractivity contribution in [3.05, 3.63) is 175 Å². The normalized spacial score (nSPS) is 13.3. The van der Waals surface area contributed by atoms with Gasteiger partial charge >= 0.3 is 0 Å². The number of hydrogen-bond donors (Lipinski definition) is 0. The summed E-state index contributed by atoms with van der Waals surface area (Å²) in [6.07, 6.45) is 0. The highest BCUT2D eigenvalue weighted by Crippen LogP contribution is 2.54. The molecule has 0 spiro atoms. The van der Waals surface area contributed by atoms with Crippen LogP contribution in [0.5, 0.6) is 0 Å². The van der Waals surface area contributed by atoms with Crippen LogP contribution in [0.25, 0.3) is 64.0 Å². The van der Waals surface area contributed by atoms with Crippen LogP contribution in [0, 0.1) is 0 Å². The van der Waals surface area contributed by atoms with Gasteiger partial charge in [-0.05, 0) is 104 Å². The number of anilines is 3. The summed E-state index contributed by atoms with van der Waals surface area (Å²) in [7, 11) is 0. The minimum atomic E-state index is -0.0808. The molecule has 0 bridgehead atoms. The summed E-state index contributed by atoms with van der Waals surface area (Å²) in [6.45, 7) is 4.72. The molecule has 232 valence electrons. The van der Waals surface area contributed by atoms with Crippen molar-refractivity contribution in [3.63, 3.8) is 0 Å². The Morgan fingerprint density at radius 1 is 0.449 bits per heavy atom. The Morgan fingerprint density at radius 2 is 1.14 bits per heavy atom. The molecule has 1 aliphatic carbocycles. The molecule has 2 heteroatoms. The monoisotopic (exact) mass is 643 g/mol. The molecule has 0 saturated heterocycles. The number of rotatable bonds is 4. The van der Waals surface area contributed by atoms with Gasteiger partial charge in [0.2, 0.25) is 0 Å². The number of thiophene rings is 1. The lowest BCUT2D eigenvalue weighted by Crippen LogP contribution is -2.16. The molecule has 0 aliphatic heterocycles. The Bertz CT molecular complexity index is 2750. The van der Waals surface area contributed by atoms with Crippen molar-refractivity contribution in [2.24, 2.45) is 0 Å². The fourth-order valence-electron chi connectivity index (χ4n) is 8.12. The van der Waals surface area contributed by atoms with E-state index in [1.807, 2.05) is 11.3 Å². The van der Waals surface area contributed by atoms with E-state index in [1.165, 1.54) is 80.8 Å². The molecule has 8 aromatic carbocycles. The SMILES string of the molecule is CC1(C)c2ccccc2-c2c(N(c3ccc(-c4ccc5ccccc5c4)cc3)c3ccc4cc5sc6ccccc6c5cc4c3)cccc21. The van der Waals surface area contributed by atoms with E-state index in [2.05, 4.69) is 183 Å². The average Bonchev–Trinajstić information content (AvgIpc) is 3.62. The van der Waals surface area contributed by atoms with Crippen molar-refractivity contribution in [2.45, 2.75) is 19.3 Å². The van der Waals surface area contributed by atoms with Crippen LogP contribution < -0.4 is 4.90 Å². The predicted molar refractivity (Wildman–Crippen MR) is 212 cm³/mol. The molecule has 0 radical (unpaired) electrons. The van der Waals surface area contributed by atoms with Crippen molar-refractivity contribution in [3.8, 4) is 22.3 Å². The lowest BCUT2D eigenvalue weighted by molar-refractivity contribution is 0.660. The Balaban J connectivity index is 1.18. The van der Waals surface area contributed by atoms with Gasteiger partial charge in [-0.1, -0.05) is 123 Å². The molecule has 0 atom stereocenters. The molecular formula is C47H33NS. The molecular weight excluding hydrogens is 611 g/mol. The molecule has 9 aromatic rings. The summed E-state index contributed by atoms with van der Waals surface area (Å²) in [5.41, 5.74) is 11.3. The van der Waals surface area contributed by atoms with E-state index in [-0.39, 0.29) is 5.41 Å². The molecule has 0 N–H and O–H groups in total. The van der Waals surface area contributed by atoms with E-state index in [0.29, 0.717) is 0 Å². The summed E-state index contributed by atoms with van der Waals surface area (Å²) in [4.78, 5) is 2.47. The first-order chi connectivity index (χ1) is 24.0. The van der Waals surface area contributed by atoms with Crippen LogP contribution in [0.4, 0.5) is 17.1 Å². The fraction of sp³-hybridized carbons (Fsp3) is 0.0638. The first-order valence-corrected chi connectivity index (χ1v) is 17.8. The van der Waals surface area contributed by atoms with E-state index in [9.17, 15) is 0 Å². The molecule has 1 aromatic heterocycles. The molecule has 0 saturated carbocycles. The molecule has 49 heavy (non-hydrogen) atoms. The first kappa shape index (κ1) is 28.3. The lowest BCUT2D eigenvalue weighted by Gasteiger charge is -2.29. The highest BCUT2D eigenvalue weighted by molar-refractivity contribution is 7.25. The smallest absolute Gasteiger partial charge is 0.0543 e. The van der Waals surface area contributed by atoms with Gasteiger partial charge in [0.05, 0.1) is 5.69 Å². The summed E-state index contributed by atoms with van der Waals surface area (Å²) in [6, 6.07) is 60.7. The van der Waals surface area contributed by atoms with Gasteiger partial charge < -0.3 is 4.90 Å². The van der Waals surface area contributed by atoms with E-state index >= 15 is 0 Å². The Labute approximate surface area is 290 Å². The van der Waals surface area contributed by atoms with Crippen molar-refractivity contribution >= 4 is 70.1 Å². The third-order valence-electron chi connectivity index (χ3n) is 10.6. The zero-order valence-corrected chi connectivity index (χ0v) is 28.3. The van der Waals surface area contributed by atoms with Crippen LogP contribution in [0.2, 0.25) is 0 Å². The zero-order valence-electron chi connectivity index (χ0n) is 27.4. The van der Waals surface area contributed by atoms with E-state index in [4.69, 9.17) is 0 Å². The van der Waals surface area contributed by atoms with Crippen LogP contribution in [0.1, 0.15) is 25.0 Å². The van der Waals surface area contributed by atoms with Crippen molar-refractivity contribution in [1.29, 1.82) is 0 Å². The third-order valence-corrected chi connectivity index (χ3v) is 11.7. The van der Waals surface area contributed by atoms with Gasteiger partial charge in [-0.3, -0.25) is 0 Å². The average molecular weight is 644 g/mol. The van der Waals surface area contributed by atoms with Crippen LogP contribution in [0.3, 0.4) is 0 Å². The maximum Gasteiger partial charge on any atom is 0.0543 e. The quantitative estimate of drug-likeness (QED) is 0.184. The summed E-state index contributed by atoms with van der Waals surface area (Å²) < 4.78 is 2.67. The molecule has 0 fully saturated rings. The maximum atomic E-state index is 2.47. The minimum absolute atomic E-state index is 0.0808. The predicted octanol–water partition coefficient (Wildman–Crippen LogP) is 13.8. The van der Waals surface area contributed by atoms with Crippen LogP contribution >= 0.6 is 11.3 Å². The van der Waals surface area contributed by atoms with Crippen molar-refractivity contribution in [2.75, 3.05) is 4.90 Å². The third kappa shape index (κ3) is 4.38. The summed E-state index contributed by atoms with van der Waals surface area (Å²) >= 11 is 1.88. The van der Waals surface area contributed by atoms with Crippen LogP contribution in [0.15, 0.2) is 164 Å². The van der Waals surface area contributed by atoms with Gasteiger partial charge in [0.1, 0.15) is 0 Å². The molecule has 0 unspecified atom stereocenters. The standard InChI is InChI=1S/C47H33NS/c1-47(2)41-14-7-5-13-39(41)46-42(47)15-9-16-43(46)48(36-23-20-31(21-24-36)33-19-18-30-10-3-4-11-32(30)26-33)37-25-22-34-29-45-40(28-35(34)27-37)38-12-6-8-17-44(38)49-45/h3-29H,1-2H3. The van der Waals surface area contributed by atoms with Gasteiger partial charge in [-0.25, -0.2) is 0 Å². The molecule has 10 rings (SSSR count).